The van der Waals surface area contributed by atoms with E-state index >= 15 is 0 Å². The Morgan fingerprint density at radius 3 is 2.54 bits per heavy atom. The quantitative estimate of drug-likeness (QED) is 0.248. The Bertz CT molecular complexity index is 1940. The van der Waals surface area contributed by atoms with Crippen molar-refractivity contribution in [2.24, 2.45) is 0 Å². The van der Waals surface area contributed by atoms with E-state index in [2.05, 4.69) is 61.7 Å². The number of nitrogens with one attached hydrogen (secondary N) is 1. The molecule has 0 saturated carbocycles. The maximum Gasteiger partial charge on any atom is 0.393 e. The van der Waals surface area contributed by atoms with Crippen molar-refractivity contribution in [2.75, 3.05) is 44.3 Å². The van der Waals surface area contributed by atoms with Crippen molar-refractivity contribution in [3.05, 3.63) is 52.3 Å². The molecule has 5 heterocycles. The maximum atomic E-state index is 13.0. The normalized spacial score (nSPS) is 20.0. The summed E-state index contributed by atoms with van der Waals surface area (Å²) in [5.74, 6) is 0.585. The minimum absolute atomic E-state index is 0.109. The summed E-state index contributed by atoms with van der Waals surface area (Å²) in [6.45, 7) is 11.1. The number of alkyl halides is 3. The number of sulfonamides is 1. The smallest absolute Gasteiger partial charge is 0.367 e. The standard InChI is InChI=1S/C33H41F3N8O2S2/c1-21(42-11-12-44(22(2)17-42)48(4,45)46)18-43-26(16-37)13-28-23(3)24(5-6-30(28)43)19-41-9-7-25(8-10-41)40-31-29-14-27(15-33(34,35)36)47-32(29)39-20-38-31/h5-6,13-14,20-22,25H,7-12,15,17-19H2,1-4H3,(H,38,39,40)/t21?,22-/m1/s1. The summed E-state index contributed by atoms with van der Waals surface area (Å²) >= 11 is 1.06. The Kier molecular flexibility index (Phi) is 9.76. The van der Waals surface area contributed by atoms with Crippen LogP contribution in [-0.4, -0.2) is 100 Å². The number of halogens is 3. The van der Waals surface area contributed by atoms with Gasteiger partial charge in [-0.25, -0.2) is 18.4 Å². The minimum Gasteiger partial charge on any atom is -0.367 e. The van der Waals surface area contributed by atoms with Crippen molar-refractivity contribution < 1.29 is 21.6 Å². The number of piperidine rings is 1. The van der Waals surface area contributed by atoms with Gasteiger partial charge in [-0.05, 0) is 62.9 Å². The van der Waals surface area contributed by atoms with Gasteiger partial charge in [0.15, 0.2) is 0 Å². The van der Waals surface area contributed by atoms with Crippen molar-refractivity contribution in [1.82, 2.24) is 28.6 Å². The second-order valence-electron chi connectivity index (χ2n) is 13.2. The average Bonchev–Trinajstić information content (AvgIpc) is 3.59. The Morgan fingerprint density at radius 2 is 1.88 bits per heavy atom. The van der Waals surface area contributed by atoms with Crippen LogP contribution in [0.5, 0.6) is 0 Å². The summed E-state index contributed by atoms with van der Waals surface area (Å²) < 4.78 is 66.8. The van der Waals surface area contributed by atoms with Crippen LogP contribution in [0.3, 0.4) is 0 Å². The van der Waals surface area contributed by atoms with Gasteiger partial charge in [0.1, 0.15) is 28.7 Å². The molecular weight excluding hydrogens is 662 g/mol. The third-order valence-corrected chi connectivity index (χ3v) is 12.2. The van der Waals surface area contributed by atoms with Gasteiger partial charge in [0, 0.05) is 79.7 Å². The first-order valence-electron chi connectivity index (χ1n) is 16.2. The van der Waals surface area contributed by atoms with Gasteiger partial charge in [-0.15, -0.1) is 11.3 Å². The Morgan fingerprint density at radius 1 is 1.12 bits per heavy atom. The highest BCUT2D eigenvalue weighted by atomic mass is 32.2. The number of anilines is 1. The van der Waals surface area contributed by atoms with Gasteiger partial charge in [0.05, 0.1) is 18.1 Å². The van der Waals surface area contributed by atoms with Crippen molar-refractivity contribution in [2.45, 2.75) is 77.4 Å². The zero-order valence-corrected chi connectivity index (χ0v) is 29.2. The minimum atomic E-state index is -4.27. The molecule has 2 atom stereocenters. The van der Waals surface area contributed by atoms with Gasteiger partial charge in [-0.2, -0.15) is 22.7 Å². The lowest BCUT2D eigenvalue weighted by molar-refractivity contribution is -0.126. The number of aromatic nitrogens is 3. The molecule has 3 aromatic heterocycles. The van der Waals surface area contributed by atoms with E-state index < -0.39 is 22.6 Å². The highest BCUT2D eigenvalue weighted by Gasteiger charge is 2.32. The van der Waals surface area contributed by atoms with Gasteiger partial charge < -0.3 is 9.88 Å². The number of aryl methyl sites for hydroxylation is 1. The van der Waals surface area contributed by atoms with E-state index in [0.717, 1.165) is 60.3 Å². The van der Waals surface area contributed by atoms with Crippen LogP contribution in [0.25, 0.3) is 21.1 Å². The largest absolute Gasteiger partial charge is 0.393 e. The number of fused-ring (bicyclic) bond motifs is 2. The maximum absolute atomic E-state index is 13.0. The third-order valence-electron chi connectivity index (χ3n) is 9.75. The number of hydrogen-bond donors (Lipinski definition) is 1. The van der Waals surface area contributed by atoms with Crippen molar-refractivity contribution in [1.29, 1.82) is 5.26 Å². The van der Waals surface area contributed by atoms with Gasteiger partial charge in [0.25, 0.3) is 0 Å². The summed E-state index contributed by atoms with van der Waals surface area (Å²) in [6.07, 6.45) is -0.827. The van der Waals surface area contributed by atoms with Crippen molar-refractivity contribution in [3.8, 4) is 6.07 Å². The van der Waals surface area contributed by atoms with Crippen molar-refractivity contribution in [3.63, 3.8) is 0 Å². The predicted octanol–water partition coefficient (Wildman–Crippen LogP) is 5.36. The Labute approximate surface area is 283 Å². The number of piperazine rings is 1. The van der Waals surface area contributed by atoms with Crippen LogP contribution in [0.4, 0.5) is 19.0 Å². The van der Waals surface area contributed by atoms with Gasteiger partial charge >= 0.3 is 6.18 Å². The first-order valence-corrected chi connectivity index (χ1v) is 18.9. The van der Waals surface area contributed by atoms with E-state index in [-0.39, 0.29) is 23.0 Å². The molecular formula is C33H41F3N8O2S2. The fourth-order valence-electron chi connectivity index (χ4n) is 7.20. The number of thiophene rings is 1. The van der Waals surface area contributed by atoms with E-state index in [9.17, 15) is 26.9 Å². The molecule has 0 bridgehead atoms. The zero-order valence-electron chi connectivity index (χ0n) is 27.6. The molecule has 258 valence electrons. The second kappa shape index (κ2) is 13.5. The second-order valence-corrected chi connectivity index (χ2v) is 16.3. The molecule has 48 heavy (non-hydrogen) atoms. The topological polar surface area (TPSA) is 110 Å². The molecule has 4 aromatic rings. The summed E-state index contributed by atoms with van der Waals surface area (Å²) in [5, 5.41) is 15.2. The number of rotatable bonds is 9. The first kappa shape index (κ1) is 34.6. The molecule has 1 aromatic carbocycles. The molecule has 0 radical (unpaired) electrons. The monoisotopic (exact) mass is 702 g/mol. The first-order chi connectivity index (χ1) is 22.7. The molecule has 6 rings (SSSR count). The van der Waals surface area contributed by atoms with Gasteiger partial charge in [-0.1, -0.05) is 6.07 Å². The lowest BCUT2D eigenvalue weighted by Crippen LogP contribution is -2.56. The van der Waals surface area contributed by atoms with E-state index in [1.54, 1.807) is 10.4 Å². The van der Waals surface area contributed by atoms with Crippen LogP contribution in [0.2, 0.25) is 0 Å². The average molecular weight is 703 g/mol. The molecule has 2 saturated heterocycles. The van der Waals surface area contributed by atoms with Crippen LogP contribution in [0, 0.1) is 18.3 Å². The van der Waals surface area contributed by atoms with Gasteiger partial charge in [-0.3, -0.25) is 9.80 Å². The highest BCUT2D eigenvalue weighted by Crippen LogP contribution is 2.34. The number of likely N-dealkylation sites (tertiary alicyclic amines) is 1. The number of nitrogens with zero attached hydrogens (tertiary/aromatic N) is 7. The van der Waals surface area contributed by atoms with Gasteiger partial charge in [0.2, 0.25) is 10.0 Å². The van der Waals surface area contributed by atoms with Crippen LogP contribution in [-0.2, 0) is 29.5 Å². The lowest BCUT2D eigenvalue weighted by Gasteiger charge is -2.41. The van der Waals surface area contributed by atoms with Crippen LogP contribution in [0.1, 0.15) is 48.4 Å². The van der Waals surface area contributed by atoms with E-state index in [0.29, 0.717) is 47.9 Å². The third kappa shape index (κ3) is 7.47. The molecule has 2 aliphatic rings. The predicted molar refractivity (Wildman–Crippen MR) is 183 cm³/mol. The molecule has 2 aliphatic heterocycles. The lowest BCUT2D eigenvalue weighted by atomic mass is 10.0. The number of hydrogen-bond acceptors (Lipinski definition) is 9. The molecule has 0 amide bonds. The molecule has 0 spiro atoms. The SMILES string of the molecule is Cc1c(CN2CCC(Nc3ncnc4sc(CC(F)(F)F)cc34)CC2)ccc2c1cc(C#N)n2CC(C)N1CCN(S(C)(=O)=O)[C@H](C)C1. The van der Waals surface area contributed by atoms with E-state index in [4.69, 9.17) is 0 Å². The number of nitriles is 1. The Balaban J connectivity index is 1.09. The van der Waals surface area contributed by atoms with E-state index in [1.807, 2.05) is 13.0 Å². The molecule has 1 N–H and O–H groups in total. The zero-order chi connectivity index (χ0) is 34.4. The molecule has 0 aliphatic carbocycles. The van der Waals surface area contributed by atoms with Crippen LogP contribution in [0.15, 0.2) is 30.6 Å². The fraction of sp³-hybridized carbons (Fsp3) is 0.545. The van der Waals surface area contributed by atoms with Crippen molar-refractivity contribution >= 4 is 48.3 Å². The summed E-state index contributed by atoms with van der Waals surface area (Å²) in [6, 6.07) is 10.3. The fourth-order valence-corrected chi connectivity index (χ4v) is 9.36. The summed E-state index contributed by atoms with van der Waals surface area (Å²) in [7, 11) is -3.24. The molecule has 1 unspecified atom stereocenters. The number of benzene rings is 1. The molecule has 2 fully saturated rings. The molecule has 15 heteroatoms. The van der Waals surface area contributed by atoms with Crippen LogP contribution >= 0.6 is 11.3 Å². The van der Waals surface area contributed by atoms with Crippen LogP contribution < -0.4 is 5.32 Å². The summed E-state index contributed by atoms with van der Waals surface area (Å²) in [4.78, 5) is 14.0. The Hall–Kier alpha value is -3.29. The summed E-state index contributed by atoms with van der Waals surface area (Å²) in [5.41, 5.74) is 4.00. The highest BCUT2D eigenvalue weighted by molar-refractivity contribution is 7.88. The van der Waals surface area contributed by atoms with E-state index in [1.165, 1.54) is 18.1 Å². The molecule has 10 nitrogen and oxygen atoms in total.